The molecular weight excluding hydrogens is 188 g/mol. The first-order valence-electron chi connectivity index (χ1n) is 3.81. The fourth-order valence-electron chi connectivity index (χ4n) is 1.30. The highest BCUT2D eigenvalue weighted by molar-refractivity contribution is 5.99. The first-order chi connectivity index (χ1) is 6.61. The van der Waals surface area contributed by atoms with Gasteiger partial charge in [0.05, 0.1) is 6.33 Å². The summed E-state index contributed by atoms with van der Waals surface area (Å²) in [5.74, 6) is -1.28. The number of rotatable bonds is 1. The van der Waals surface area contributed by atoms with Crippen LogP contribution < -0.4 is 5.56 Å². The van der Waals surface area contributed by atoms with E-state index in [1.165, 1.54) is 6.92 Å². The van der Waals surface area contributed by atoms with Gasteiger partial charge < -0.3 is 14.5 Å². The SMILES string of the molecule is Cc1oc(C(=O)O)c2nc[nH]c(=O)c12. The van der Waals surface area contributed by atoms with Crippen LogP contribution in [0.2, 0.25) is 0 Å². The van der Waals surface area contributed by atoms with Crippen molar-refractivity contribution in [3.05, 3.63) is 28.2 Å². The maximum atomic E-state index is 11.3. The molecule has 0 saturated carbocycles. The Hall–Kier alpha value is -2.11. The van der Waals surface area contributed by atoms with Crippen LogP contribution in [0.25, 0.3) is 10.9 Å². The number of hydrogen-bond donors (Lipinski definition) is 2. The third kappa shape index (κ3) is 1.00. The Morgan fingerprint density at radius 1 is 1.64 bits per heavy atom. The van der Waals surface area contributed by atoms with Gasteiger partial charge in [-0.3, -0.25) is 4.79 Å². The van der Waals surface area contributed by atoms with Crippen molar-refractivity contribution in [1.29, 1.82) is 0 Å². The van der Waals surface area contributed by atoms with Crippen molar-refractivity contribution in [2.24, 2.45) is 0 Å². The van der Waals surface area contributed by atoms with E-state index >= 15 is 0 Å². The van der Waals surface area contributed by atoms with E-state index in [1.54, 1.807) is 0 Å². The lowest BCUT2D eigenvalue weighted by atomic mass is 10.3. The van der Waals surface area contributed by atoms with E-state index in [2.05, 4.69) is 9.97 Å². The number of fused-ring (bicyclic) bond motifs is 1. The predicted octanol–water partition coefficient (Wildman–Crippen LogP) is 0.523. The Morgan fingerprint density at radius 2 is 2.36 bits per heavy atom. The molecule has 0 spiro atoms. The number of carboxylic acids is 1. The Labute approximate surface area is 77.2 Å². The molecule has 2 aromatic rings. The first kappa shape index (κ1) is 8.49. The monoisotopic (exact) mass is 194 g/mol. The second-order valence-corrected chi connectivity index (χ2v) is 2.75. The van der Waals surface area contributed by atoms with Gasteiger partial charge in [-0.2, -0.15) is 0 Å². The van der Waals surface area contributed by atoms with Gasteiger partial charge in [0.25, 0.3) is 5.56 Å². The number of aromatic carboxylic acids is 1. The van der Waals surface area contributed by atoms with E-state index in [0.717, 1.165) is 6.33 Å². The number of carboxylic acid groups (broad SMARTS) is 1. The summed E-state index contributed by atoms with van der Waals surface area (Å²) in [6, 6.07) is 0. The molecule has 0 aliphatic heterocycles. The number of hydrogen-bond acceptors (Lipinski definition) is 4. The lowest BCUT2D eigenvalue weighted by molar-refractivity contribution is 0.0663. The van der Waals surface area contributed by atoms with E-state index < -0.39 is 11.5 Å². The van der Waals surface area contributed by atoms with E-state index in [0.29, 0.717) is 0 Å². The maximum absolute atomic E-state index is 11.3. The molecule has 6 heteroatoms. The van der Waals surface area contributed by atoms with Crippen LogP contribution in [0, 0.1) is 6.92 Å². The van der Waals surface area contributed by atoms with Gasteiger partial charge in [0.2, 0.25) is 5.76 Å². The van der Waals surface area contributed by atoms with E-state index in [1.807, 2.05) is 0 Å². The van der Waals surface area contributed by atoms with Crippen LogP contribution >= 0.6 is 0 Å². The highest BCUT2D eigenvalue weighted by Gasteiger charge is 2.19. The van der Waals surface area contributed by atoms with Crippen molar-refractivity contribution < 1.29 is 14.3 Å². The molecule has 0 saturated heterocycles. The second kappa shape index (κ2) is 2.69. The molecule has 14 heavy (non-hydrogen) atoms. The zero-order valence-corrected chi connectivity index (χ0v) is 7.20. The average Bonchev–Trinajstić information content (AvgIpc) is 2.45. The third-order valence-electron chi connectivity index (χ3n) is 1.87. The van der Waals surface area contributed by atoms with Crippen LogP contribution in [0.5, 0.6) is 0 Å². The van der Waals surface area contributed by atoms with E-state index in [4.69, 9.17) is 9.52 Å². The Bertz CT molecular complexity index is 566. The van der Waals surface area contributed by atoms with Gasteiger partial charge in [0.1, 0.15) is 16.7 Å². The fourth-order valence-corrected chi connectivity index (χ4v) is 1.30. The molecule has 0 aliphatic carbocycles. The summed E-state index contributed by atoms with van der Waals surface area (Å²) >= 11 is 0. The molecule has 2 aromatic heterocycles. The number of aromatic amines is 1. The van der Waals surface area contributed by atoms with Crippen LogP contribution in [0.4, 0.5) is 0 Å². The normalized spacial score (nSPS) is 10.6. The number of H-pyrrole nitrogens is 1. The van der Waals surface area contributed by atoms with Crippen molar-refractivity contribution in [3.8, 4) is 0 Å². The molecule has 72 valence electrons. The van der Waals surface area contributed by atoms with Gasteiger partial charge in [-0.1, -0.05) is 0 Å². The maximum Gasteiger partial charge on any atom is 0.374 e. The quantitative estimate of drug-likeness (QED) is 0.689. The molecule has 0 atom stereocenters. The average molecular weight is 194 g/mol. The van der Waals surface area contributed by atoms with Gasteiger partial charge >= 0.3 is 5.97 Å². The molecule has 6 nitrogen and oxygen atoms in total. The summed E-state index contributed by atoms with van der Waals surface area (Å²) in [6.07, 6.45) is 1.14. The van der Waals surface area contributed by atoms with Crippen LogP contribution in [0.1, 0.15) is 16.3 Å². The smallest absolute Gasteiger partial charge is 0.374 e. The summed E-state index contributed by atoms with van der Waals surface area (Å²) in [7, 11) is 0. The lowest BCUT2D eigenvalue weighted by Gasteiger charge is -1.87. The minimum absolute atomic E-state index is 0.0822. The fraction of sp³-hybridized carbons (Fsp3) is 0.125. The largest absolute Gasteiger partial charge is 0.475 e. The van der Waals surface area contributed by atoms with E-state index in [9.17, 15) is 9.59 Å². The zero-order valence-electron chi connectivity index (χ0n) is 7.20. The van der Waals surface area contributed by atoms with Crippen molar-refractivity contribution in [1.82, 2.24) is 9.97 Å². The number of carbonyl (C=O) groups is 1. The third-order valence-corrected chi connectivity index (χ3v) is 1.87. The highest BCUT2D eigenvalue weighted by atomic mass is 16.4. The Kier molecular flexibility index (Phi) is 1.63. The van der Waals surface area contributed by atoms with E-state index in [-0.39, 0.29) is 22.4 Å². The summed E-state index contributed by atoms with van der Waals surface area (Å²) < 4.78 is 4.93. The minimum atomic E-state index is -1.24. The molecule has 0 amide bonds. The van der Waals surface area contributed by atoms with Gasteiger partial charge in [-0.15, -0.1) is 0 Å². The molecule has 2 rings (SSSR count). The number of nitrogens with one attached hydrogen (secondary N) is 1. The standard InChI is InChI=1S/C8H6N2O4/c1-3-4-5(6(14-3)8(12)13)9-2-10-7(4)11/h2H,1H3,(H,12,13)(H,9,10,11). The van der Waals surface area contributed by atoms with Crippen LogP contribution in [0.3, 0.4) is 0 Å². The number of aryl methyl sites for hydroxylation is 1. The van der Waals surface area contributed by atoms with Crippen LogP contribution in [-0.4, -0.2) is 21.0 Å². The number of furan rings is 1. The van der Waals surface area contributed by atoms with Crippen molar-refractivity contribution >= 4 is 16.9 Å². The molecule has 0 fully saturated rings. The molecule has 0 unspecified atom stereocenters. The Morgan fingerprint density at radius 3 is 3.00 bits per heavy atom. The van der Waals surface area contributed by atoms with Gasteiger partial charge in [-0.25, -0.2) is 9.78 Å². The van der Waals surface area contributed by atoms with Gasteiger partial charge in [-0.05, 0) is 6.92 Å². The predicted molar refractivity (Wildman–Crippen MR) is 46.3 cm³/mol. The van der Waals surface area contributed by atoms with Crippen LogP contribution in [0.15, 0.2) is 15.5 Å². The molecule has 2 N–H and O–H groups in total. The summed E-state index contributed by atoms with van der Waals surface area (Å²) in [5.41, 5.74) is -0.317. The van der Waals surface area contributed by atoms with Gasteiger partial charge in [0, 0.05) is 0 Å². The lowest BCUT2D eigenvalue weighted by Crippen LogP contribution is -2.06. The summed E-state index contributed by atoms with van der Waals surface area (Å²) in [6.45, 7) is 1.52. The van der Waals surface area contributed by atoms with Crippen molar-refractivity contribution in [2.75, 3.05) is 0 Å². The van der Waals surface area contributed by atoms with Gasteiger partial charge in [0.15, 0.2) is 0 Å². The van der Waals surface area contributed by atoms with Crippen LogP contribution in [-0.2, 0) is 0 Å². The molecular formula is C8H6N2O4. The topological polar surface area (TPSA) is 96.2 Å². The molecule has 2 heterocycles. The molecule has 0 aliphatic rings. The number of aromatic nitrogens is 2. The van der Waals surface area contributed by atoms with Crippen molar-refractivity contribution in [2.45, 2.75) is 6.92 Å². The Balaban J connectivity index is 2.98. The molecule has 0 radical (unpaired) electrons. The number of nitrogens with zero attached hydrogens (tertiary/aromatic N) is 1. The minimum Gasteiger partial charge on any atom is -0.475 e. The highest BCUT2D eigenvalue weighted by Crippen LogP contribution is 2.19. The second-order valence-electron chi connectivity index (χ2n) is 2.75. The molecule has 0 bridgehead atoms. The summed E-state index contributed by atoms with van der Waals surface area (Å²) in [5, 5.41) is 8.93. The molecule has 0 aromatic carbocycles. The first-order valence-corrected chi connectivity index (χ1v) is 3.81. The van der Waals surface area contributed by atoms with Crippen molar-refractivity contribution in [3.63, 3.8) is 0 Å². The zero-order chi connectivity index (χ0) is 10.3. The summed E-state index contributed by atoms with van der Waals surface area (Å²) in [4.78, 5) is 28.1.